The Balaban J connectivity index is 1.59. The van der Waals surface area contributed by atoms with Crippen molar-refractivity contribution in [3.63, 3.8) is 0 Å². The lowest BCUT2D eigenvalue weighted by atomic mass is 10.1. The first-order valence-corrected chi connectivity index (χ1v) is 7.21. The van der Waals surface area contributed by atoms with Crippen LogP contribution in [0.15, 0.2) is 54.7 Å². The minimum absolute atomic E-state index is 0.705. The van der Waals surface area contributed by atoms with Gasteiger partial charge in [0, 0.05) is 31.4 Å². The molecule has 20 heavy (non-hydrogen) atoms. The first-order chi connectivity index (χ1) is 9.84. The minimum atomic E-state index is 0.705. The summed E-state index contributed by atoms with van der Waals surface area (Å²) in [4.78, 5) is 4.27. The van der Waals surface area contributed by atoms with Crippen molar-refractivity contribution in [1.82, 2.24) is 15.6 Å². The van der Waals surface area contributed by atoms with Gasteiger partial charge in [-0.2, -0.15) is 0 Å². The Morgan fingerprint density at radius 2 is 1.60 bits per heavy atom. The average Bonchev–Trinajstić information content (AvgIpc) is 2.49. The number of aromatic nitrogens is 1. The van der Waals surface area contributed by atoms with Crippen molar-refractivity contribution in [2.75, 3.05) is 13.1 Å². The van der Waals surface area contributed by atoms with Crippen molar-refractivity contribution in [2.45, 2.75) is 12.8 Å². The molecule has 0 bridgehead atoms. The van der Waals surface area contributed by atoms with Gasteiger partial charge in [-0.25, -0.2) is 0 Å². The van der Waals surface area contributed by atoms with Gasteiger partial charge in [0.1, 0.15) is 0 Å². The van der Waals surface area contributed by atoms with E-state index in [1.54, 1.807) is 0 Å². The van der Waals surface area contributed by atoms with Gasteiger partial charge >= 0.3 is 0 Å². The number of pyridine rings is 1. The first-order valence-electron chi connectivity index (χ1n) is 6.80. The lowest BCUT2D eigenvalue weighted by Crippen LogP contribution is -2.37. The largest absolute Gasteiger partial charge is 0.362 e. The zero-order chi connectivity index (χ0) is 14.0. The molecule has 4 heteroatoms. The van der Waals surface area contributed by atoms with E-state index >= 15 is 0 Å². The summed E-state index contributed by atoms with van der Waals surface area (Å²) in [6, 6.07) is 16.3. The predicted molar refractivity (Wildman–Crippen MR) is 86.7 cm³/mol. The molecule has 2 N–H and O–H groups in total. The predicted octanol–water partition coefficient (Wildman–Crippen LogP) is 2.33. The Kier molecular flexibility index (Phi) is 5.99. The van der Waals surface area contributed by atoms with Crippen LogP contribution in [0.5, 0.6) is 0 Å². The van der Waals surface area contributed by atoms with Crippen LogP contribution in [0.2, 0.25) is 0 Å². The van der Waals surface area contributed by atoms with E-state index in [4.69, 9.17) is 12.2 Å². The van der Waals surface area contributed by atoms with E-state index in [9.17, 15) is 0 Å². The van der Waals surface area contributed by atoms with Gasteiger partial charge in [-0.3, -0.25) is 4.98 Å². The van der Waals surface area contributed by atoms with E-state index in [2.05, 4.69) is 39.9 Å². The molecule has 2 rings (SSSR count). The van der Waals surface area contributed by atoms with Crippen LogP contribution < -0.4 is 10.6 Å². The van der Waals surface area contributed by atoms with E-state index in [1.807, 2.05) is 30.5 Å². The van der Waals surface area contributed by atoms with Crippen LogP contribution in [-0.2, 0) is 12.8 Å². The van der Waals surface area contributed by atoms with Crippen LogP contribution in [-0.4, -0.2) is 23.2 Å². The molecule has 0 saturated carbocycles. The molecule has 0 amide bonds. The molecular weight excluding hydrogens is 266 g/mol. The highest BCUT2D eigenvalue weighted by Crippen LogP contribution is 1.98. The third-order valence-corrected chi connectivity index (χ3v) is 3.22. The van der Waals surface area contributed by atoms with Gasteiger partial charge in [0.05, 0.1) is 0 Å². The molecule has 1 aromatic heterocycles. The third kappa shape index (κ3) is 5.36. The topological polar surface area (TPSA) is 37.0 Å². The van der Waals surface area contributed by atoms with Gasteiger partial charge in [0.2, 0.25) is 0 Å². The van der Waals surface area contributed by atoms with Crippen molar-refractivity contribution in [2.24, 2.45) is 0 Å². The molecule has 0 spiro atoms. The Labute approximate surface area is 125 Å². The normalized spacial score (nSPS) is 10.0. The van der Waals surface area contributed by atoms with Gasteiger partial charge in [0.15, 0.2) is 5.11 Å². The average molecular weight is 285 g/mol. The molecular formula is C16H19N3S. The molecule has 104 valence electrons. The van der Waals surface area contributed by atoms with Crippen LogP contribution in [0.25, 0.3) is 0 Å². The molecule has 3 nitrogen and oxygen atoms in total. The van der Waals surface area contributed by atoms with Crippen LogP contribution in [0.1, 0.15) is 11.3 Å². The molecule has 0 unspecified atom stereocenters. The summed E-state index contributed by atoms with van der Waals surface area (Å²) in [6.45, 7) is 1.65. The molecule has 0 radical (unpaired) electrons. The van der Waals surface area contributed by atoms with Crippen molar-refractivity contribution in [3.05, 3.63) is 66.0 Å². The summed E-state index contributed by atoms with van der Waals surface area (Å²) in [5.41, 5.74) is 2.39. The van der Waals surface area contributed by atoms with E-state index in [1.165, 1.54) is 5.56 Å². The second-order valence-corrected chi connectivity index (χ2v) is 4.90. The maximum Gasteiger partial charge on any atom is 0.166 e. The Bertz CT molecular complexity index is 466. The maximum absolute atomic E-state index is 5.24. The maximum atomic E-state index is 5.24. The highest BCUT2D eigenvalue weighted by molar-refractivity contribution is 7.80. The first kappa shape index (κ1) is 14.5. The standard InChI is InChI=1S/C16H19N3S/c20-16(18-12-9-14-6-2-1-3-7-14)19-13-10-15-8-4-5-11-17-15/h1-8,11H,9-10,12-13H2,(H2,18,19,20). The Morgan fingerprint density at radius 1 is 0.900 bits per heavy atom. The molecule has 1 heterocycles. The van der Waals surface area contributed by atoms with Crippen LogP contribution in [0.4, 0.5) is 0 Å². The second kappa shape index (κ2) is 8.27. The van der Waals surface area contributed by atoms with E-state index in [0.717, 1.165) is 31.6 Å². The van der Waals surface area contributed by atoms with Crippen molar-refractivity contribution < 1.29 is 0 Å². The van der Waals surface area contributed by atoms with E-state index in [0.29, 0.717) is 5.11 Å². The Hall–Kier alpha value is -1.94. The van der Waals surface area contributed by atoms with Crippen molar-refractivity contribution in [1.29, 1.82) is 0 Å². The molecule has 0 aliphatic heterocycles. The monoisotopic (exact) mass is 285 g/mol. The number of thiocarbonyl (C=S) groups is 1. The van der Waals surface area contributed by atoms with Crippen molar-refractivity contribution in [3.8, 4) is 0 Å². The smallest absolute Gasteiger partial charge is 0.166 e. The van der Waals surface area contributed by atoms with Gasteiger partial charge in [0.25, 0.3) is 0 Å². The quantitative estimate of drug-likeness (QED) is 0.799. The van der Waals surface area contributed by atoms with Gasteiger partial charge in [-0.05, 0) is 36.3 Å². The minimum Gasteiger partial charge on any atom is -0.362 e. The van der Waals surface area contributed by atoms with Gasteiger partial charge in [-0.1, -0.05) is 36.4 Å². The third-order valence-electron chi connectivity index (χ3n) is 2.93. The second-order valence-electron chi connectivity index (χ2n) is 4.49. The van der Waals surface area contributed by atoms with E-state index in [-0.39, 0.29) is 0 Å². The van der Waals surface area contributed by atoms with Crippen LogP contribution in [0, 0.1) is 0 Å². The highest BCUT2D eigenvalue weighted by Gasteiger charge is 1.97. The Morgan fingerprint density at radius 3 is 2.30 bits per heavy atom. The SMILES string of the molecule is S=C(NCCc1ccccc1)NCCc1ccccn1. The van der Waals surface area contributed by atoms with Gasteiger partial charge < -0.3 is 10.6 Å². The number of nitrogens with zero attached hydrogens (tertiary/aromatic N) is 1. The summed E-state index contributed by atoms with van der Waals surface area (Å²) in [5, 5.41) is 7.12. The zero-order valence-electron chi connectivity index (χ0n) is 11.4. The summed E-state index contributed by atoms with van der Waals surface area (Å²) >= 11 is 5.24. The van der Waals surface area contributed by atoms with Gasteiger partial charge in [-0.15, -0.1) is 0 Å². The molecule has 0 atom stereocenters. The van der Waals surface area contributed by atoms with Crippen molar-refractivity contribution >= 4 is 17.3 Å². The molecule has 0 saturated heterocycles. The molecule has 1 aromatic carbocycles. The van der Waals surface area contributed by atoms with Crippen LogP contribution >= 0.6 is 12.2 Å². The lowest BCUT2D eigenvalue weighted by Gasteiger charge is -2.10. The summed E-state index contributed by atoms with van der Waals surface area (Å²) in [6.07, 6.45) is 3.66. The molecule has 0 fully saturated rings. The summed E-state index contributed by atoms with van der Waals surface area (Å²) in [5.74, 6) is 0. The number of rotatable bonds is 6. The number of hydrogen-bond donors (Lipinski definition) is 2. The molecule has 2 aromatic rings. The summed E-state index contributed by atoms with van der Waals surface area (Å²) in [7, 11) is 0. The number of hydrogen-bond acceptors (Lipinski definition) is 2. The number of benzene rings is 1. The van der Waals surface area contributed by atoms with E-state index < -0.39 is 0 Å². The van der Waals surface area contributed by atoms with Crippen LogP contribution in [0.3, 0.4) is 0 Å². The number of nitrogens with one attached hydrogen (secondary N) is 2. The summed E-state index contributed by atoms with van der Waals surface area (Å²) < 4.78 is 0. The lowest BCUT2D eigenvalue weighted by molar-refractivity contribution is 0.793. The highest BCUT2D eigenvalue weighted by atomic mass is 32.1. The fourth-order valence-electron chi connectivity index (χ4n) is 1.88. The molecule has 0 aliphatic carbocycles. The fourth-order valence-corrected chi connectivity index (χ4v) is 2.08. The zero-order valence-corrected chi connectivity index (χ0v) is 12.2. The molecule has 0 aliphatic rings. The fraction of sp³-hybridized carbons (Fsp3) is 0.250.